The summed E-state index contributed by atoms with van der Waals surface area (Å²) in [4.78, 5) is 22.0. The van der Waals surface area contributed by atoms with Gasteiger partial charge in [-0.2, -0.15) is 0 Å². The molecule has 6 heteroatoms. The van der Waals surface area contributed by atoms with E-state index in [1.807, 2.05) is 23.1 Å². The summed E-state index contributed by atoms with van der Waals surface area (Å²) in [5, 5.41) is 4.32. The SMILES string of the molecule is O=C(Nc1c[nH]c2ncc(Cl)cc12)N1CCc2cc(-c3ccccc3)ccc2C1. The van der Waals surface area contributed by atoms with Crippen LogP contribution in [0, 0.1) is 0 Å². The third-order valence-corrected chi connectivity index (χ3v) is 5.56. The Kier molecular flexibility index (Phi) is 4.45. The van der Waals surface area contributed by atoms with Gasteiger partial charge in [-0.25, -0.2) is 9.78 Å². The summed E-state index contributed by atoms with van der Waals surface area (Å²) in [6, 6.07) is 18.5. The Labute approximate surface area is 173 Å². The van der Waals surface area contributed by atoms with E-state index in [0.29, 0.717) is 29.4 Å². The lowest BCUT2D eigenvalue weighted by molar-refractivity contribution is 0.206. The third kappa shape index (κ3) is 3.45. The van der Waals surface area contributed by atoms with E-state index in [9.17, 15) is 4.79 Å². The molecule has 0 atom stereocenters. The van der Waals surface area contributed by atoms with Crippen molar-refractivity contribution in [3.05, 3.63) is 83.1 Å². The Morgan fingerprint density at radius 1 is 1.07 bits per heavy atom. The molecule has 0 saturated heterocycles. The topological polar surface area (TPSA) is 61.0 Å². The van der Waals surface area contributed by atoms with E-state index in [1.165, 1.54) is 22.3 Å². The Hall–Kier alpha value is -3.31. The van der Waals surface area contributed by atoms with Crippen LogP contribution in [0.3, 0.4) is 0 Å². The Morgan fingerprint density at radius 3 is 2.79 bits per heavy atom. The van der Waals surface area contributed by atoms with Crippen LogP contribution in [0.15, 0.2) is 67.0 Å². The van der Waals surface area contributed by atoms with Gasteiger partial charge in [0.1, 0.15) is 5.65 Å². The van der Waals surface area contributed by atoms with E-state index >= 15 is 0 Å². The summed E-state index contributed by atoms with van der Waals surface area (Å²) in [6.45, 7) is 1.27. The molecule has 2 amide bonds. The van der Waals surface area contributed by atoms with Gasteiger partial charge in [0.25, 0.3) is 0 Å². The highest BCUT2D eigenvalue weighted by Crippen LogP contribution is 2.28. The van der Waals surface area contributed by atoms with Crippen molar-refractivity contribution < 1.29 is 4.79 Å². The molecule has 0 fully saturated rings. The van der Waals surface area contributed by atoms with E-state index in [0.717, 1.165) is 11.8 Å². The molecule has 29 heavy (non-hydrogen) atoms. The highest BCUT2D eigenvalue weighted by molar-refractivity contribution is 6.31. The molecule has 2 aromatic carbocycles. The molecular formula is C23H19ClN4O. The number of rotatable bonds is 2. The molecule has 2 aromatic heterocycles. The second-order valence-electron chi connectivity index (χ2n) is 7.20. The van der Waals surface area contributed by atoms with Gasteiger partial charge in [0, 0.05) is 30.9 Å². The van der Waals surface area contributed by atoms with Gasteiger partial charge in [0.15, 0.2) is 0 Å². The predicted molar refractivity (Wildman–Crippen MR) is 116 cm³/mol. The zero-order chi connectivity index (χ0) is 19.8. The maximum atomic E-state index is 12.8. The summed E-state index contributed by atoms with van der Waals surface area (Å²) < 4.78 is 0. The summed E-state index contributed by atoms with van der Waals surface area (Å²) in [6.07, 6.45) is 4.16. The first-order valence-corrected chi connectivity index (χ1v) is 9.91. The highest BCUT2D eigenvalue weighted by Gasteiger charge is 2.22. The first kappa shape index (κ1) is 17.8. The first-order chi connectivity index (χ1) is 14.2. The van der Waals surface area contributed by atoms with Crippen LogP contribution in [-0.2, 0) is 13.0 Å². The molecule has 0 radical (unpaired) electrons. The number of H-pyrrole nitrogens is 1. The second-order valence-corrected chi connectivity index (χ2v) is 7.64. The first-order valence-electron chi connectivity index (χ1n) is 9.53. The number of carbonyl (C=O) groups excluding carboxylic acids is 1. The fourth-order valence-corrected chi connectivity index (χ4v) is 3.97. The standard InChI is InChI=1S/C23H19ClN4O/c24-19-11-20-21(13-26-22(20)25-12-19)27-23(29)28-9-8-17-10-16(6-7-18(17)14-28)15-4-2-1-3-5-15/h1-7,10-13H,8-9,14H2,(H,25,26)(H,27,29). The molecule has 0 aliphatic carbocycles. The van der Waals surface area contributed by atoms with Gasteiger partial charge in [-0.15, -0.1) is 0 Å². The van der Waals surface area contributed by atoms with Gasteiger partial charge in [-0.05, 0) is 34.7 Å². The Bertz CT molecular complexity index is 1200. The number of aromatic amines is 1. The van der Waals surface area contributed by atoms with Crippen molar-refractivity contribution in [1.82, 2.24) is 14.9 Å². The zero-order valence-corrected chi connectivity index (χ0v) is 16.4. The van der Waals surface area contributed by atoms with Crippen molar-refractivity contribution >= 4 is 34.4 Å². The number of halogens is 1. The number of nitrogens with one attached hydrogen (secondary N) is 2. The van der Waals surface area contributed by atoms with Gasteiger partial charge in [-0.3, -0.25) is 0 Å². The number of anilines is 1. The Morgan fingerprint density at radius 2 is 1.93 bits per heavy atom. The number of hydrogen-bond acceptors (Lipinski definition) is 2. The van der Waals surface area contributed by atoms with Crippen molar-refractivity contribution in [3.63, 3.8) is 0 Å². The van der Waals surface area contributed by atoms with Crippen LogP contribution in [-0.4, -0.2) is 27.4 Å². The predicted octanol–water partition coefficient (Wildman–Crippen LogP) is 5.47. The number of amides is 2. The molecule has 144 valence electrons. The number of carbonyl (C=O) groups is 1. The lowest BCUT2D eigenvalue weighted by Gasteiger charge is -2.29. The van der Waals surface area contributed by atoms with Gasteiger partial charge in [-0.1, -0.05) is 60.1 Å². The number of hydrogen-bond donors (Lipinski definition) is 2. The van der Waals surface area contributed by atoms with Crippen molar-refractivity contribution in [3.8, 4) is 11.1 Å². The van der Waals surface area contributed by atoms with Crippen LogP contribution in [0.4, 0.5) is 10.5 Å². The van der Waals surface area contributed by atoms with E-state index in [4.69, 9.17) is 11.6 Å². The van der Waals surface area contributed by atoms with E-state index in [1.54, 1.807) is 18.5 Å². The van der Waals surface area contributed by atoms with Crippen LogP contribution >= 0.6 is 11.6 Å². The third-order valence-electron chi connectivity index (χ3n) is 5.35. The lowest BCUT2D eigenvalue weighted by atomic mass is 9.95. The number of benzene rings is 2. The monoisotopic (exact) mass is 402 g/mol. The molecule has 1 aliphatic rings. The molecule has 5 nitrogen and oxygen atoms in total. The van der Waals surface area contributed by atoms with Crippen LogP contribution < -0.4 is 5.32 Å². The molecule has 0 saturated carbocycles. The van der Waals surface area contributed by atoms with Crippen LogP contribution in [0.25, 0.3) is 22.2 Å². The minimum Gasteiger partial charge on any atom is -0.344 e. The van der Waals surface area contributed by atoms with E-state index < -0.39 is 0 Å². The van der Waals surface area contributed by atoms with E-state index in [2.05, 4.69) is 45.6 Å². The molecule has 3 heterocycles. The lowest BCUT2D eigenvalue weighted by Crippen LogP contribution is -2.38. The quantitative estimate of drug-likeness (QED) is 0.466. The number of aromatic nitrogens is 2. The van der Waals surface area contributed by atoms with Crippen LogP contribution in [0.2, 0.25) is 5.02 Å². The number of nitrogens with zero attached hydrogens (tertiary/aromatic N) is 2. The molecule has 5 rings (SSSR count). The van der Waals surface area contributed by atoms with Crippen LogP contribution in [0.5, 0.6) is 0 Å². The van der Waals surface area contributed by atoms with Gasteiger partial charge in [0.2, 0.25) is 0 Å². The summed E-state index contributed by atoms with van der Waals surface area (Å²) in [7, 11) is 0. The molecule has 0 unspecified atom stereocenters. The zero-order valence-electron chi connectivity index (χ0n) is 15.7. The smallest absolute Gasteiger partial charge is 0.322 e. The maximum absolute atomic E-state index is 12.8. The summed E-state index contributed by atoms with van der Waals surface area (Å²) >= 11 is 6.05. The van der Waals surface area contributed by atoms with Gasteiger partial charge < -0.3 is 15.2 Å². The number of fused-ring (bicyclic) bond motifs is 2. The summed E-state index contributed by atoms with van der Waals surface area (Å²) in [5.74, 6) is 0. The van der Waals surface area contributed by atoms with Crippen LogP contribution in [0.1, 0.15) is 11.1 Å². The molecular weight excluding hydrogens is 384 g/mol. The average molecular weight is 403 g/mol. The summed E-state index contributed by atoms with van der Waals surface area (Å²) in [5.41, 5.74) is 6.30. The normalized spacial score (nSPS) is 13.3. The molecule has 1 aliphatic heterocycles. The fraction of sp³-hybridized carbons (Fsp3) is 0.130. The van der Waals surface area contributed by atoms with Crippen molar-refractivity contribution in [1.29, 1.82) is 0 Å². The molecule has 4 aromatic rings. The second kappa shape index (κ2) is 7.26. The van der Waals surface area contributed by atoms with Crippen molar-refractivity contribution in [2.75, 3.05) is 11.9 Å². The fourth-order valence-electron chi connectivity index (χ4n) is 3.81. The van der Waals surface area contributed by atoms with Crippen molar-refractivity contribution in [2.45, 2.75) is 13.0 Å². The average Bonchev–Trinajstić information content (AvgIpc) is 3.15. The van der Waals surface area contributed by atoms with Gasteiger partial charge in [0.05, 0.1) is 10.7 Å². The van der Waals surface area contributed by atoms with Gasteiger partial charge >= 0.3 is 6.03 Å². The molecule has 0 bridgehead atoms. The molecule has 2 N–H and O–H groups in total. The number of pyridine rings is 1. The number of urea groups is 1. The highest BCUT2D eigenvalue weighted by atomic mass is 35.5. The minimum atomic E-state index is -0.122. The molecule has 0 spiro atoms. The maximum Gasteiger partial charge on any atom is 0.322 e. The largest absolute Gasteiger partial charge is 0.344 e. The Balaban J connectivity index is 1.34. The minimum absolute atomic E-state index is 0.122. The van der Waals surface area contributed by atoms with E-state index in [-0.39, 0.29) is 6.03 Å². The van der Waals surface area contributed by atoms with Crippen molar-refractivity contribution in [2.24, 2.45) is 0 Å².